The number of nitrogens with zero attached hydrogens (tertiary/aromatic N) is 1. The lowest BCUT2D eigenvalue weighted by Crippen LogP contribution is -2.43. The minimum Gasteiger partial charge on any atom is -0.382 e. The van der Waals surface area contributed by atoms with Crippen LogP contribution in [0.1, 0.15) is 40.5 Å². The highest BCUT2D eigenvalue weighted by Gasteiger charge is 2.32. The third-order valence-corrected chi connectivity index (χ3v) is 2.64. The SMILES string of the molecule is CCOCCCN(CC(F)(F)F)C(=O)CCNC(C)(C)C. The van der Waals surface area contributed by atoms with Gasteiger partial charge in [0.05, 0.1) is 0 Å². The molecule has 0 aliphatic carbocycles. The minimum absolute atomic E-state index is 0.0575. The Morgan fingerprint density at radius 1 is 1.24 bits per heavy atom. The molecule has 1 N–H and O–H groups in total. The average molecular weight is 312 g/mol. The van der Waals surface area contributed by atoms with Crippen molar-refractivity contribution in [1.29, 1.82) is 0 Å². The predicted octanol–water partition coefficient (Wildman–Crippen LogP) is 2.58. The first-order valence-corrected chi connectivity index (χ1v) is 7.22. The summed E-state index contributed by atoms with van der Waals surface area (Å²) >= 11 is 0. The van der Waals surface area contributed by atoms with Gasteiger partial charge in [0, 0.05) is 38.3 Å². The maximum atomic E-state index is 12.5. The van der Waals surface area contributed by atoms with E-state index in [1.807, 2.05) is 27.7 Å². The van der Waals surface area contributed by atoms with E-state index in [4.69, 9.17) is 4.74 Å². The number of carbonyl (C=O) groups excluding carboxylic acids is 1. The lowest BCUT2D eigenvalue weighted by Gasteiger charge is -2.25. The molecule has 0 aromatic carbocycles. The monoisotopic (exact) mass is 312 g/mol. The Hall–Kier alpha value is -0.820. The molecule has 0 unspecified atom stereocenters. The normalized spacial score (nSPS) is 12.5. The van der Waals surface area contributed by atoms with Crippen LogP contribution < -0.4 is 5.32 Å². The van der Waals surface area contributed by atoms with Crippen molar-refractivity contribution < 1.29 is 22.7 Å². The predicted molar refractivity (Wildman–Crippen MR) is 76.1 cm³/mol. The van der Waals surface area contributed by atoms with E-state index in [0.29, 0.717) is 26.2 Å². The number of rotatable bonds is 9. The van der Waals surface area contributed by atoms with E-state index < -0.39 is 18.6 Å². The molecule has 0 rings (SSSR count). The quantitative estimate of drug-likeness (QED) is 0.665. The van der Waals surface area contributed by atoms with Crippen molar-refractivity contribution in [2.45, 2.75) is 52.3 Å². The fourth-order valence-corrected chi connectivity index (χ4v) is 1.71. The summed E-state index contributed by atoms with van der Waals surface area (Å²) in [7, 11) is 0. The highest BCUT2D eigenvalue weighted by atomic mass is 19.4. The van der Waals surface area contributed by atoms with Gasteiger partial charge in [0.25, 0.3) is 0 Å². The van der Waals surface area contributed by atoms with Crippen LogP contribution in [0.25, 0.3) is 0 Å². The van der Waals surface area contributed by atoms with E-state index in [2.05, 4.69) is 5.32 Å². The second-order valence-electron chi connectivity index (χ2n) is 5.91. The number of alkyl halides is 3. The summed E-state index contributed by atoms with van der Waals surface area (Å²) in [6.07, 6.45) is -3.91. The second-order valence-corrected chi connectivity index (χ2v) is 5.91. The zero-order valence-electron chi connectivity index (χ0n) is 13.3. The first-order valence-electron chi connectivity index (χ1n) is 7.22. The molecule has 0 saturated heterocycles. The Bertz CT molecular complexity index is 302. The fraction of sp³-hybridized carbons (Fsp3) is 0.929. The number of ether oxygens (including phenoxy) is 1. The summed E-state index contributed by atoms with van der Waals surface area (Å²) < 4.78 is 42.6. The van der Waals surface area contributed by atoms with Crippen molar-refractivity contribution >= 4 is 5.91 Å². The molecular weight excluding hydrogens is 285 g/mol. The van der Waals surface area contributed by atoms with E-state index in [0.717, 1.165) is 4.90 Å². The zero-order valence-corrected chi connectivity index (χ0v) is 13.3. The van der Waals surface area contributed by atoms with Gasteiger partial charge in [-0.1, -0.05) is 0 Å². The van der Waals surface area contributed by atoms with Gasteiger partial charge in [-0.05, 0) is 34.1 Å². The Balaban J connectivity index is 4.32. The Kier molecular flexibility index (Phi) is 8.89. The standard InChI is InChI=1S/C14H27F3N2O2/c1-5-21-10-6-9-19(11-14(15,16)17)12(20)7-8-18-13(2,3)4/h18H,5-11H2,1-4H3. The van der Waals surface area contributed by atoms with Gasteiger partial charge in [-0.25, -0.2) is 0 Å². The van der Waals surface area contributed by atoms with Gasteiger partial charge >= 0.3 is 6.18 Å². The molecule has 0 saturated carbocycles. The molecule has 0 aromatic rings. The van der Waals surface area contributed by atoms with Gasteiger partial charge in [0.2, 0.25) is 5.91 Å². The molecule has 126 valence electrons. The summed E-state index contributed by atoms with van der Waals surface area (Å²) in [5, 5.41) is 3.09. The van der Waals surface area contributed by atoms with Crippen molar-refractivity contribution in [3.05, 3.63) is 0 Å². The highest BCUT2D eigenvalue weighted by Crippen LogP contribution is 2.17. The summed E-state index contributed by atoms with van der Waals surface area (Å²) in [6.45, 7) is 7.73. The molecule has 0 aliphatic rings. The molecule has 0 aromatic heterocycles. The van der Waals surface area contributed by atoms with E-state index in [1.54, 1.807) is 0 Å². The lowest BCUT2D eigenvalue weighted by atomic mass is 10.1. The van der Waals surface area contributed by atoms with Crippen LogP contribution in [0, 0.1) is 0 Å². The summed E-state index contributed by atoms with van der Waals surface area (Å²) in [6, 6.07) is 0. The molecule has 0 spiro atoms. The second kappa shape index (κ2) is 9.25. The van der Waals surface area contributed by atoms with Crippen LogP contribution in [0.15, 0.2) is 0 Å². The molecule has 0 fully saturated rings. The van der Waals surface area contributed by atoms with Gasteiger partial charge in [0.1, 0.15) is 6.54 Å². The molecular formula is C14H27F3N2O2. The molecule has 0 heterocycles. The Morgan fingerprint density at radius 3 is 2.33 bits per heavy atom. The van der Waals surface area contributed by atoms with Crippen LogP contribution in [0.2, 0.25) is 0 Å². The van der Waals surface area contributed by atoms with E-state index >= 15 is 0 Å². The van der Waals surface area contributed by atoms with Crippen LogP contribution in [-0.4, -0.2) is 55.4 Å². The first-order chi connectivity index (χ1) is 9.55. The van der Waals surface area contributed by atoms with Crippen molar-refractivity contribution in [3.8, 4) is 0 Å². The smallest absolute Gasteiger partial charge is 0.382 e. The number of hydrogen-bond donors (Lipinski definition) is 1. The maximum absolute atomic E-state index is 12.5. The van der Waals surface area contributed by atoms with Gasteiger partial charge in [-0.2, -0.15) is 13.2 Å². The highest BCUT2D eigenvalue weighted by molar-refractivity contribution is 5.76. The number of nitrogens with one attached hydrogen (secondary N) is 1. The molecule has 0 atom stereocenters. The van der Waals surface area contributed by atoms with Gasteiger partial charge < -0.3 is 15.0 Å². The van der Waals surface area contributed by atoms with Gasteiger partial charge in [-0.15, -0.1) is 0 Å². The van der Waals surface area contributed by atoms with Crippen molar-refractivity contribution in [3.63, 3.8) is 0 Å². The van der Waals surface area contributed by atoms with Crippen molar-refractivity contribution in [1.82, 2.24) is 10.2 Å². The Labute approximate surface area is 125 Å². The summed E-state index contributed by atoms with van der Waals surface area (Å²) in [5.74, 6) is -0.486. The molecule has 21 heavy (non-hydrogen) atoms. The van der Waals surface area contributed by atoms with Crippen LogP contribution in [0.4, 0.5) is 13.2 Å². The minimum atomic E-state index is -4.38. The number of halogens is 3. The maximum Gasteiger partial charge on any atom is 0.406 e. The molecule has 0 bridgehead atoms. The number of amides is 1. The molecule has 1 amide bonds. The number of carbonyl (C=O) groups is 1. The fourth-order valence-electron chi connectivity index (χ4n) is 1.71. The molecule has 7 heteroatoms. The van der Waals surface area contributed by atoms with Gasteiger partial charge in [-0.3, -0.25) is 4.79 Å². The number of hydrogen-bond acceptors (Lipinski definition) is 3. The van der Waals surface area contributed by atoms with Gasteiger partial charge in [0.15, 0.2) is 0 Å². The average Bonchev–Trinajstić information content (AvgIpc) is 2.29. The topological polar surface area (TPSA) is 41.6 Å². The molecule has 0 aliphatic heterocycles. The van der Waals surface area contributed by atoms with Crippen molar-refractivity contribution in [2.75, 3.05) is 32.8 Å². The van der Waals surface area contributed by atoms with Crippen molar-refractivity contribution in [2.24, 2.45) is 0 Å². The van der Waals surface area contributed by atoms with Crippen LogP contribution in [0.3, 0.4) is 0 Å². The summed E-state index contributed by atoms with van der Waals surface area (Å²) in [4.78, 5) is 12.8. The van der Waals surface area contributed by atoms with Crippen LogP contribution >= 0.6 is 0 Å². The molecule has 4 nitrogen and oxygen atoms in total. The zero-order chi connectivity index (χ0) is 16.5. The van der Waals surface area contributed by atoms with E-state index in [-0.39, 0.29) is 18.5 Å². The third kappa shape index (κ3) is 12.6. The molecule has 0 radical (unpaired) electrons. The van der Waals surface area contributed by atoms with Crippen LogP contribution in [0.5, 0.6) is 0 Å². The third-order valence-electron chi connectivity index (χ3n) is 2.64. The van der Waals surface area contributed by atoms with E-state index in [1.165, 1.54) is 0 Å². The largest absolute Gasteiger partial charge is 0.406 e. The van der Waals surface area contributed by atoms with Crippen LogP contribution in [-0.2, 0) is 9.53 Å². The lowest BCUT2D eigenvalue weighted by molar-refractivity contribution is -0.161. The summed E-state index contributed by atoms with van der Waals surface area (Å²) in [5.41, 5.74) is -0.163. The van der Waals surface area contributed by atoms with E-state index in [9.17, 15) is 18.0 Å². The Morgan fingerprint density at radius 2 is 1.86 bits per heavy atom. The first kappa shape index (κ1) is 20.2.